The molecule has 0 amide bonds. The van der Waals surface area contributed by atoms with E-state index in [1.807, 2.05) is 0 Å². The summed E-state index contributed by atoms with van der Waals surface area (Å²) in [6, 6.07) is 4.77. The maximum absolute atomic E-state index is 10.9. The first-order valence-electron chi connectivity index (χ1n) is 5.85. The molecule has 0 N–H and O–H groups in total. The zero-order valence-electron chi connectivity index (χ0n) is 9.80. The van der Waals surface area contributed by atoms with Crippen LogP contribution in [0.1, 0.15) is 19.3 Å². The van der Waals surface area contributed by atoms with Crippen molar-refractivity contribution >= 4 is 21.6 Å². The molecule has 2 rings (SSSR count). The highest BCUT2D eigenvalue weighted by molar-refractivity contribution is 9.10. The molecular formula is C12H14BrNO4. The highest BCUT2D eigenvalue weighted by atomic mass is 79.9. The maximum atomic E-state index is 10.9. The summed E-state index contributed by atoms with van der Waals surface area (Å²) >= 11 is 3.21. The zero-order chi connectivity index (χ0) is 13.0. The number of hydrogen-bond donors (Lipinski definition) is 0. The van der Waals surface area contributed by atoms with Crippen molar-refractivity contribution in [2.75, 3.05) is 13.2 Å². The molecule has 0 aliphatic carbocycles. The lowest BCUT2D eigenvalue weighted by atomic mass is 10.1. The molecule has 98 valence electrons. The molecule has 1 aliphatic heterocycles. The number of nitro groups is 1. The van der Waals surface area contributed by atoms with E-state index in [2.05, 4.69) is 15.9 Å². The van der Waals surface area contributed by atoms with E-state index in [1.165, 1.54) is 6.07 Å². The van der Waals surface area contributed by atoms with Crippen molar-refractivity contribution < 1.29 is 14.4 Å². The number of benzene rings is 1. The van der Waals surface area contributed by atoms with Gasteiger partial charge in [-0.15, -0.1) is 0 Å². The van der Waals surface area contributed by atoms with E-state index in [4.69, 9.17) is 9.47 Å². The van der Waals surface area contributed by atoms with Gasteiger partial charge in [0.2, 0.25) is 0 Å². The average Bonchev–Trinajstić information content (AvgIpc) is 2.38. The van der Waals surface area contributed by atoms with Crippen molar-refractivity contribution in [3.63, 3.8) is 0 Å². The van der Waals surface area contributed by atoms with Gasteiger partial charge in [-0.25, -0.2) is 0 Å². The normalized spacial score (nSPS) is 19.5. The topological polar surface area (TPSA) is 61.6 Å². The summed E-state index contributed by atoms with van der Waals surface area (Å²) in [5.74, 6) is 0.289. The van der Waals surface area contributed by atoms with Crippen LogP contribution >= 0.6 is 15.9 Å². The molecule has 18 heavy (non-hydrogen) atoms. The average molecular weight is 316 g/mol. The minimum absolute atomic E-state index is 0.0276. The fraction of sp³-hybridized carbons (Fsp3) is 0.500. The van der Waals surface area contributed by atoms with Crippen LogP contribution < -0.4 is 4.74 Å². The van der Waals surface area contributed by atoms with Crippen LogP contribution in [0.3, 0.4) is 0 Å². The Labute approximate surface area is 113 Å². The number of rotatable bonds is 4. The van der Waals surface area contributed by atoms with Gasteiger partial charge in [0.05, 0.1) is 11.0 Å². The van der Waals surface area contributed by atoms with Crippen molar-refractivity contribution in [1.82, 2.24) is 0 Å². The van der Waals surface area contributed by atoms with Crippen LogP contribution in [0, 0.1) is 10.1 Å². The van der Waals surface area contributed by atoms with Gasteiger partial charge in [-0.05, 0) is 31.4 Å². The van der Waals surface area contributed by atoms with Gasteiger partial charge in [0, 0.05) is 17.1 Å². The lowest BCUT2D eigenvalue weighted by molar-refractivity contribution is -0.386. The summed E-state index contributed by atoms with van der Waals surface area (Å²) in [7, 11) is 0. The number of hydrogen-bond acceptors (Lipinski definition) is 4. The Morgan fingerprint density at radius 2 is 2.33 bits per heavy atom. The Morgan fingerprint density at radius 1 is 1.50 bits per heavy atom. The van der Waals surface area contributed by atoms with Gasteiger partial charge < -0.3 is 9.47 Å². The SMILES string of the molecule is O=[N+]([O-])c1cc(Br)ccc1OCC1CCCCO1. The first-order valence-corrected chi connectivity index (χ1v) is 6.64. The smallest absolute Gasteiger partial charge is 0.312 e. The van der Waals surface area contributed by atoms with Crippen LogP contribution in [0.4, 0.5) is 5.69 Å². The van der Waals surface area contributed by atoms with Crippen molar-refractivity contribution in [2.45, 2.75) is 25.4 Å². The molecule has 0 saturated carbocycles. The molecule has 1 fully saturated rings. The summed E-state index contributed by atoms with van der Waals surface area (Å²) in [6.45, 7) is 1.11. The van der Waals surface area contributed by atoms with Gasteiger partial charge in [0.15, 0.2) is 5.75 Å². The second-order valence-corrected chi connectivity index (χ2v) is 5.08. The Bertz CT molecular complexity index is 432. The molecule has 0 bridgehead atoms. The molecule has 6 heteroatoms. The third-order valence-electron chi connectivity index (χ3n) is 2.82. The molecule has 1 unspecified atom stereocenters. The molecule has 0 spiro atoms. The quantitative estimate of drug-likeness (QED) is 0.631. The van der Waals surface area contributed by atoms with Gasteiger partial charge in [-0.1, -0.05) is 15.9 Å². The highest BCUT2D eigenvalue weighted by Gasteiger charge is 2.19. The van der Waals surface area contributed by atoms with Crippen LogP contribution in [0.2, 0.25) is 0 Å². The fourth-order valence-corrected chi connectivity index (χ4v) is 2.23. The fourth-order valence-electron chi connectivity index (χ4n) is 1.88. The van der Waals surface area contributed by atoms with Crippen LogP contribution in [-0.2, 0) is 4.74 Å². The molecule has 1 aromatic rings. The largest absolute Gasteiger partial charge is 0.484 e. The summed E-state index contributed by atoms with van der Waals surface area (Å²) in [5.41, 5.74) is -0.0276. The summed E-state index contributed by atoms with van der Waals surface area (Å²) in [4.78, 5) is 10.5. The van der Waals surface area contributed by atoms with E-state index in [-0.39, 0.29) is 17.5 Å². The van der Waals surface area contributed by atoms with Crippen LogP contribution in [0.5, 0.6) is 5.75 Å². The monoisotopic (exact) mass is 315 g/mol. The third kappa shape index (κ3) is 3.43. The summed E-state index contributed by atoms with van der Waals surface area (Å²) in [5, 5.41) is 10.9. The molecule has 5 nitrogen and oxygen atoms in total. The van der Waals surface area contributed by atoms with E-state index < -0.39 is 4.92 Å². The number of nitro benzene ring substituents is 1. The Hall–Kier alpha value is -1.14. The molecule has 1 heterocycles. The maximum Gasteiger partial charge on any atom is 0.312 e. The Morgan fingerprint density at radius 3 is 3.00 bits per heavy atom. The predicted octanol–water partition coefficient (Wildman–Crippen LogP) is 3.31. The molecule has 1 aliphatic rings. The van der Waals surface area contributed by atoms with Crippen molar-refractivity contribution in [2.24, 2.45) is 0 Å². The van der Waals surface area contributed by atoms with Gasteiger partial charge in [-0.2, -0.15) is 0 Å². The minimum atomic E-state index is -0.443. The van der Waals surface area contributed by atoms with E-state index in [9.17, 15) is 10.1 Å². The van der Waals surface area contributed by atoms with E-state index in [0.717, 1.165) is 25.9 Å². The van der Waals surface area contributed by atoms with Gasteiger partial charge in [0.1, 0.15) is 6.61 Å². The molecule has 1 aromatic carbocycles. The molecule has 0 aromatic heterocycles. The molecular weight excluding hydrogens is 302 g/mol. The lowest BCUT2D eigenvalue weighted by Crippen LogP contribution is -2.25. The highest BCUT2D eigenvalue weighted by Crippen LogP contribution is 2.30. The van der Waals surface area contributed by atoms with Crippen molar-refractivity contribution in [3.8, 4) is 5.75 Å². The van der Waals surface area contributed by atoms with E-state index in [1.54, 1.807) is 12.1 Å². The van der Waals surface area contributed by atoms with Gasteiger partial charge >= 0.3 is 5.69 Å². The number of ether oxygens (including phenoxy) is 2. The standard InChI is InChI=1S/C12H14BrNO4/c13-9-4-5-12(11(7-9)14(15)16)18-8-10-3-1-2-6-17-10/h4-5,7,10H,1-3,6,8H2. The number of halogens is 1. The second kappa shape index (κ2) is 6.15. The third-order valence-corrected chi connectivity index (χ3v) is 3.31. The minimum Gasteiger partial charge on any atom is -0.484 e. The number of nitrogens with zero attached hydrogens (tertiary/aromatic N) is 1. The molecule has 1 saturated heterocycles. The Kier molecular flexibility index (Phi) is 4.54. The van der Waals surface area contributed by atoms with Gasteiger partial charge in [0.25, 0.3) is 0 Å². The van der Waals surface area contributed by atoms with E-state index in [0.29, 0.717) is 11.1 Å². The van der Waals surface area contributed by atoms with Crippen LogP contribution in [-0.4, -0.2) is 24.2 Å². The predicted molar refractivity (Wildman–Crippen MR) is 69.9 cm³/mol. The first-order chi connectivity index (χ1) is 8.66. The van der Waals surface area contributed by atoms with E-state index >= 15 is 0 Å². The summed E-state index contributed by atoms with van der Waals surface area (Å²) in [6.07, 6.45) is 3.19. The second-order valence-electron chi connectivity index (χ2n) is 4.17. The van der Waals surface area contributed by atoms with Crippen molar-refractivity contribution in [1.29, 1.82) is 0 Å². The Balaban J connectivity index is 2.01. The van der Waals surface area contributed by atoms with Gasteiger partial charge in [-0.3, -0.25) is 10.1 Å². The van der Waals surface area contributed by atoms with Crippen molar-refractivity contribution in [3.05, 3.63) is 32.8 Å². The first kappa shape index (κ1) is 13.3. The molecule has 1 atom stereocenters. The molecule has 0 radical (unpaired) electrons. The van der Waals surface area contributed by atoms with Crippen LogP contribution in [0.15, 0.2) is 22.7 Å². The van der Waals surface area contributed by atoms with Crippen LogP contribution in [0.25, 0.3) is 0 Å². The lowest BCUT2D eigenvalue weighted by Gasteiger charge is -2.22. The zero-order valence-corrected chi connectivity index (χ0v) is 11.4. The summed E-state index contributed by atoms with van der Waals surface area (Å²) < 4.78 is 11.7.